The highest BCUT2D eigenvalue weighted by Crippen LogP contribution is 2.29. The molecule has 1 aromatic heterocycles. The number of benzene rings is 2. The van der Waals surface area contributed by atoms with Gasteiger partial charge in [-0.25, -0.2) is 4.79 Å². The van der Waals surface area contributed by atoms with Gasteiger partial charge in [0.25, 0.3) is 0 Å². The molecule has 106 valence electrons. The van der Waals surface area contributed by atoms with Crippen molar-refractivity contribution in [3.05, 3.63) is 58.4 Å². The monoisotopic (exact) mass is 282 g/mol. The van der Waals surface area contributed by atoms with Crippen molar-refractivity contribution < 1.29 is 14.3 Å². The number of methoxy groups -OCH3 is 1. The first kappa shape index (κ1) is 13.2. The molecule has 21 heavy (non-hydrogen) atoms. The summed E-state index contributed by atoms with van der Waals surface area (Å²) in [6.45, 7) is 1.88. The van der Waals surface area contributed by atoms with Crippen molar-refractivity contribution in [2.75, 3.05) is 7.11 Å². The van der Waals surface area contributed by atoms with Crippen LogP contribution in [0.4, 0.5) is 0 Å². The molecule has 0 saturated heterocycles. The minimum atomic E-state index is -0.393. The van der Waals surface area contributed by atoms with Gasteiger partial charge in [-0.2, -0.15) is 0 Å². The number of aryl methyl sites for hydroxylation is 1. The van der Waals surface area contributed by atoms with Gasteiger partial charge in [0.05, 0.1) is 12.7 Å². The second kappa shape index (κ2) is 4.98. The standard InChI is InChI=1S/C17H14O4/c1-10-14-9-13(20-2)7-8-15(14)21-17(19)16(10)11-3-5-12(18)6-4-11/h3-9,18H,1-2H3. The second-order valence-electron chi connectivity index (χ2n) is 4.80. The minimum absolute atomic E-state index is 0.156. The molecule has 0 atom stereocenters. The Hall–Kier alpha value is -2.75. The van der Waals surface area contributed by atoms with E-state index < -0.39 is 5.63 Å². The first-order valence-corrected chi connectivity index (χ1v) is 6.51. The van der Waals surface area contributed by atoms with Gasteiger partial charge in [0.2, 0.25) is 0 Å². The molecular weight excluding hydrogens is 268 g/mol. The SMILES string of the molecule is COc1ccc2oc(=O)c(-c3ccc(O)cc3)c(C)c2c1. The van der Waals surface area contributed by atoms with Gasteiger partial charge in [-0.3, -0.25) is 0 Å². The molecule has 0 spiro atoms. The molecule has 1 N–H and O–H groups in total. The summed E-state index contributed by atoms with van der Waals surface area (Å²) in [5.41, 5.74) is 2.17. The summed E-state index contributed by atoms with van der Waals surface area (Å²) in [5.74, 6) is 0.861. The molecule has 3 rings (SSSR count). The predicted molar refractivity (Wildman–Crippen MR) is 80.9 cm³/mol. The molecule has 4 heteroatoms. The third-order valence-electron chi connectivity index (χ3n) is 3.53. The molecule has 0 unspecified atom stereocenters. The number of hydrogen-bond acceptors (Lipinski definition) is 4. The van der Waals surface area contributed by atoms with Crippen molar-refractivity contribution in [3.8, 4) is 22.6 Å². The van der Waals surface area contributed by atoms with Gasteiger partial charge < -0.3 is 14.3 Å². The summed E-state index contributed by atoms with van der Waals surface area (Å²) in [6.07, 6.45) is 0. The molecule has 0 bridgehead atoms. The van der Waals surface area contributed by atoms with Crippen LogP contribution in [-0.4, -0.2) is 12.2 Å². The summed E-state index contributed by atoms with van der Waals surface area (Å²) in [6, 6.07) is 11.8. The molecule has 0 fully saturated rings. The summed E-state index contributed by atoms with van der Waals surface area (Å²) in [4.78, 5) is 12.2. The molecule has 2 aromatic carbocycles. The molecule has 3 aromatic rings. The lowest BCUT2D eigenvalue weighted by atomic mass is 9.99. The zero-order chi connectivity index (χ0) is 15.0. The summed E-state index contributed by atoms with van der Waals surface area (Å²) >= 11 is 0. The van der Waals surface area contributed by atoms with Gasteiger partial charge in [0.15, 0.2) is 0 Å². The summed E-state index contributed by atoms with van der Waals surface area (Å²) in [5, 5.41) is 10.2. The molecule has 0 aliphatic carbocycles. The fourth-order valence-electron chi connectivity index (χ4n) is 2.42. The molecule has 0 aliphatic heterocycles. The zero-order valence-electron chi connectivity index (χ0n) is 11.7. The fraction of sp³-hybridized carbons (Fsp3) is 0.118. The molecule has 0 radical (unpaired) electrons. The van der Waals surface area contributed by atoms with Crippen LogP contribution in [0.25, 0.3) is 22.1 Å². The smallest absolute Gasteiger partial charge is 0.344 e. The van der Waals surface area contributed by atoms with E-state index in [1.807, 2.05) is 13.0 Å². The maximum Gasteiger partial charge on any atom is 0.344 e. The van der Waals surface area contributed by atoms with Crippen LogP contribution in [0.15, 0.2) is 51.7 Å². The van der Waals surface area contributed by atoms with Crippen LogP contribution in [0.5, 0.6) is 11.5 Å². The Balaban J connectivity index is 2.32. The van der Waals surface area contributed by atoms with E-state index in [0.29, 0.717) is 22.5 Å². The van der Waals surface area contributed by atoms with E-state index in [2.05, 4.69) is 0 Å². The van der Waals surface area contributed by atoms with Crippen LogP contribution in [0.2, 0.25) is 0 Å². The number of ether oxygens (including phenoxy) is 1. The van der Waals surface area contributed by atoms with Crippen LogP contribution >= 0.6 is 0 Å². The molecule has 1 heterocycles. The van der Waals surface area contributed by atoms with Crippen molar-refractivity contribution >= 4 is 11.0 Å². The Bertz CT molecular complexity index is 860. The lowest BCUT2D eigenvalue weighted by Crippen LogP contribution is -2.06. The molecular formula is C17H14O4. The number of phenolic OH excluding ortho intramolecular Hbond substituents is 1. The van der Waals surface area contributed by atoms with Crippen LogP contribution < -0.4 is 10.4 Å². The maximum atomic E-state index is 12.2. The van der Waals surface area contributed by atoms with Gasteiger partial charge >= 0.3 is 5.63 Å². The molecule has 4 nitrogen and oxygen atoms in total. The highest BCUT2D eigenvalue weighted by Gasteiger charge is 2.13. The predicted octanol–water partition coefficient (Wildman–Crippen LogP) is 3.48. The average molecular weight is 282 g/mol. The van der Waals surface area contributed by atoms with Crippen molar-refractivity contribution in [3.63, 3.8) is 0 Å². The van der Waals surface area contributed by atoms with Gasteiger partial charge in [-0.05, 0) is 48.4 Å². The number of rotatable bonds is 2. The van der Waals surface area contributed by atoms with Crippen LogP contribution in [-0.2, 0) is 0 Å². The van der Waals surface area contributed by atoms with E-state index in [9.17, 15) is 9.90 Å². The van der Waals surface area contributed by atoms with Crippen molar-refractivity contribution in [2.24, 2.45) is 0 Å². The van der Waals surface area contributed by atoms with E-state index in [1.54, 1.807) is 43.5 Å². The van der Waals surface area contributed by atoms with Crippen molar-refractivity contribution in [1.29, 1.82) is 0 Å². The highest BCUT2D eigenvalue weighted by atomic mass is 16.5. The van der Waals surface area contributed by atoms with Crippen LogP contribution in [0, 0.1) is 6.92 Å². The van der Waals surface area contributed by atoms with E-state index in [0.717, 1.165) is 10.9 Å². The maximum absolute atomic E-state index is 12.2. The van der Waals surface area contributed by atoms with E-state index >= 15 is 0 Å². The van der Waals surface area contributed by atoms with Gasteiger partial charge in [0.1, 0.15) is 17.1 Å². The van der Waals surface area contributed by atoms with Crippen LogP contribution in [0.1, 0.15) is 5.56 Å². The topological polar surface area (TPSA) is 59.7 Å². The lowest BCUT2D eigenvalue weighted by Gasteiger charge is -2.09. The average Bonchev–Trinajstić information content (AvgIpc) is 2.49. The summed E-state index contributed by atoms with van der Waals surface area (Å²) in [7, 11) is 1.59. The van der Waals surface area contributed by atoms with Gasteiger partial charge in [-0.15, -0.1) is 0 Å². The molecule has 0 amide bonds. The second-order valence-corrected chi connectivity index (χ2v) is 4.80. The largest absolute Gasteiger partial charge is 0.508 e. The number of aromatic hydroxyl groups is 1. The Morgan fingerprint density at radius 3 is 2.48 bits per heavy atom. The first-order valence-electron chi connectivity index (χ1n) is 6.51. The molecule has 0 aliphatic rings. The van der Waals surface area contributed by atoms with E-state index in [-0.39, 0.29) is 5.75 Å². The van der Waals surface area contributed by atoms with Gasteiger partial charge in [0, 0.05) is 5.39 Å². The van der Waals surface area contributed by atoms with Crippen LogP contribution in [0.3, 0.4) is 0 Å². The lowest BCUT2D eigenvalue weighted by molar-refractivity contribution is 0.415. The fourth-order valence-corrected chi connectivity index (χ4v) is 2.42. The Kier molecular flexibility index (Phi) is 3.14. The molecule has 0 saturated carbocycles. The minimum Gasteiger partial charge on any atom is -0.508 e. The van der Waals surface area contributed by atoms with E-state index in [1.165, 1.54) is 0 Å². The van der Waals surface area contributed by atoms with Crippen molar-refractivity contribution in [1.82, 2.24) is 0 Å². The quantitative estimate of drug-likeness (QED) is 0.731. The van der Waals surface area contributed by atoms with Gasteiger partial charge in [-0.1, -0.05) is 12.1 Å². The number of hydrogen-bond donors (Lipinski definition) is 1. The summed E-state index contributed by atoms with van der Waals surface area (Å²) < 4.78 is 10.6. The van der Waals surface area contributed by atoms with Crippen molar-refractivity contribution in [2.45, 2.75) is 6.92 Å². The number of fused-ring (bicyclic) bond motifs is 1. The van der Waals surface area contributed by atoms with E-state index in [4.69, 9.17) is 9.15 Å². The normalized spacial score (nSPS) is 10.8. The Morgan fingerprint density at radius 2 is 1.81 bits per heavy atom. The third kappa shape index (κ3) is 2.25. The Labute approximate surface area is 121 Å². The number of phenols is 1. The third-order valence-corrected chi connectivity index (χ3v) is 3.53. The first-order chi connectivity index (χ1) is 10.1. The zero-order valence-corrected chi connectivity index (χ0v) is 11.7. The Morgan fingerprint density at radius 1 is 1.10 bits per heavy atom. The highest BCUT2D eigenvalue weighted by molar-refractivity contribution is 5.87.